The van der Waals surface area contributed by atoms with E-state index in [-0.39, 0.29) is 18.7 Å². The largest absolute Gasteiger partial charge is 0.459 e. The van der Waals surface area contributed by atoms with E-state index in [9.17, 15) is 5.11 Å². The number of nitrogens with one attached hydrogen (secondary N) is 1. The van der Waals surface area contributed by atoms with E-state index in [0.717, 1.165) is 23.2 Å². The highest BCUT2D eigenvalue weighted by Gasteiger charge is 2.18. The highest BCUT2D eigenvalue weighted by atomic mass is 16.3. The average molecular weight is 247 g/mol. The van der Waals surface area contributed by atoms with Gasteiger partial charge >= 0.3 is 0 Å². The van der Waals surface area contributed by atoms with Gasteiger partial charge in [-0.25, -0.2) is 0 Å². The van der Waals surface area contributed by atoms with Gasteiger partial charge in [-0.1, -0.05) is 25.1 Å². The summed E-state index contributed by atoms with van der Waals surface area (Å²) in [6.07, 6.45) is 0.903. The fraction of sp³-hybridized carbons (Fsp3) is 0.467. The van der Waals surface area contributed by atoms with E-state index in [1.54, 1.807) is 0 Å². The highest BCUT2D eigenvalue weighted by molar-refractivity contribution is 5.82. The van der Waals surface area contributed by atoms with Crippen LogP contribution in [0.25, 0.3) is 11.0 Å². The molecule has 2 N–H and O–H groups in total. The summed E-state index contributed by atoms with van der Waals surface area (Å²) in [6, 6.07) is 8.29. The molecule has 0 amide bonds. The Labute approximate surface area is 108 Å². The van der Waals surface area contributed by atoms with Crippen LogP contribution in [0, 0.1) is 6.92 Å². The predicted molar refractivity (Wildman–Crippen MR) is 73.7 cm³/mol. The molecule has 2 atom stereocenters. The van der Waals surface area contributed by atoms with Gasteiger partial charge in [0.2, 0.25) is 0 Å². The number of aliphatic hydroxyl groups is 1. The van der Waals surface area contributed by atoms with Crippen LogP contribution < -0.4 is 5.32 Å². The van der Waals surface area contributed by atoms with Crippen LogP contribution in [0.1, 0.15) is 37.6 Å². The number of fused-ring (bicyclic) bond motifs is 1. The van der Waals surface area contributed by atoms with Gasteiger partial charge in [-0.3, -0.25) is 0 Å². The van der Waals surface area contributed by atoms with E-state index >= 15 is 0 Å². The lowest BCUT2D eigenvalue weighted by atomic mass is 10.1. The molecule has 3 heteroatoms. The molecule has 0 fully saturated rings. The van der Waals surface area contributed by atoms with Gasteiger partial charge < -0.3 is 14.8 Å². The maximum absolute atomic E-state index is 9.24. The van der Waals surface area contributed by atoms with Crippen LogP contribution in [0.5, 0.6) is 0 Å². The third-order valence-electron chi connectivity index (χ3n) is 3.47. The first-order valence-corrected chi connectivity index (χ1v) is 6.52. The minimum Gasteiger partial charge on any atom is -0.459 e. The van der Waals surface area contributed by atoms with E-state index < -0.39 is 0 Å². The van der Waals surface area contributed by atoms with Crippen LogP contribution in [0.2, 0.25) is 0 Å². The van der Waals surface area contributed by atoms with Gasteiger partial charge in [0.15, 0.2) is 0 Å². The Bertz CT molecular complexity index is 514. The van der Waals surface area contributed by atoms with Crippen LogP contribution in [0.15, 0.2) is 28.7 Å². The average Bonchev–Trinajstić information content (AvgIpc) is 2.74. The first-order chi connectivity index (χ1) is 8.67. The number of furan rings is 1. The molecule has 18 heavy (non-hydrogen) atoms. The van der Waals surface area contributed by atoms with E-state index in [2.05, 4.69) is 32.2 Å². The molecule has 0 aliphatic rings. The Morgan fingerprint density at radius 1 is 1.33 bits per heavy atom. The van der Waals surface area contributed by atoms with Crippen molar-refractivity contribution in [1.29, 1.82) is 0 Å². The van der Waals surface area contributed by atoms with Crippen molar-refractivity contribution in [2.24, 2.45) is 0 Å². The van der Waals surface area contributed by atoms with Gasteiger partial charge in [0.1, 0.15) is 11.3 Å². The molecule has 1 heterocycles. The fourth-order valence-electron chi connectivity index (χ4n) is 2.34. The Balaban J connectivity index is 2.27. The predicted octanol–water partition coefficient (Wildman–Crippen LogP) is 3.16. The molecule has 0 saturated carbocycles. The normalized spacial score (nSPS) is 14.9. The van der Waals surface area contributed by atoms with Crippen molar-refractivity contribution in [3.05, 3.63) is 35.6 Å². The smallest absolute Gasteiger partial charge is 0.134 e. The first-order valence-electron chi connectivity index (χ1n) is 6.52. The zero-order chi connectivity index (χ0) is 13.1. The molecule has 0 aliphatic carbocycles. The summed E-state index contributed by atoms with van der Waals surface area (Å²) in [5, 5.41) is 13.8. The van der Waals surface area contributed by atoms with Gasteiger partial charge in [-0.2, -0.15) is 0 Å². The van der Waals surface area contributed by atoms with Gasteiger partial charge in [0, 0.05) is 11.4 Å². The SMILES string of the molecule is CCC(CO)NC(C)c1oc2ccccc2c1C. The molecular formula is C15H21NO2. The molecule has 2 rings (SSSR count). The molecule has 2 aromatic rings. The number of para-hydroxylation sites is 1. The molecule has 3 nitrogen and oxygen atoms in total. The Morgan fingerprint density at radius 3 is 2.67 bits per heavy atom. The second kappa shape index (κ2) is 5.55. The number of benzene rings is 1. The third-order valence-corrected chi connectivity index (χ3v) is 3.47. The van der Waals surface area contributed by atoms with Crippen molar-refractivity contribution in [3.63, 3.8) is 0 Å². The highest BCUT2D eigenvalue weighted by Crippen LogP contribution is 2.29. The first kappa shape index (κ1) is 13.1. The maximum atomic E-state index is 9.24. The van der Waals surface area contributed by atoms with Crippen molar-refractivity contribution in [2.45, 2.75) is 39.3 Å². The molecule has 0 saturated heterocycles. The quantitative estimate of drug-likeness (QED) is 0.853. The molecule has 1 aromatic carbocycles. The maximum Gasteiger partial charge on any atom is 0.134 e. The summed E-state index contributed by atoms with van der Waals surface area (Å²) in [7, 11) is 0. The number of aliphatic hydroxyl groups excluding tert-OH is 1. The minimum absolute atomic E-state index is 0.106. The van der Waals surface area contributed by atoms with Gasteiger partial charge in [-0.15, -0.1) is 0 Å². The Hall–Kier alpha value is -1.32. The molecule has 2 unspecified atom stereocenters. The molecular weight excluding hydrogens is 226 g/mol. The third kappa shape index (κ3) is 2.42. The zero-order valence-corrected chi connectivity index (χ0v) is 11.2. The zero-order valence-electron chi connectivity index (χ0n) is 11.2. The second-order valence-electron chi connectivity index (χ2n) is 4.76. The van der Waals surface area contributed by atoms with Crippen molar-refractivity contribution in [1.82, 2.24) is 5.32 Å². The molecule has 98 valence electrons. The second-order valence-corrected chi connectivity index (χ2v) is 4.76. The van der Waals surface area contributed by atoms with E-state index in [0.29, 0.717) is 0 Å². The Morgan fingerprint density at radius 2 is 2.06 bits per heavy atom. The molecule has 1 aromatic heterocycles. The van der Waals surface area contributed by atoms with Crippen molar-refractivity contribution < 1.29 is 9.52 Å². The number of aryl methyl sites for hydroxylation is 1. The topological polar surface area (TPSA) is 45.4 Å². The fourth-order valence-corrected chi connectivity index (χ4v) is 2.34. The van der Waals surface area contributed by atoms with Gasteiger partial charge in [-0.05, 0) is 31.9 Å². The van der Waals surface area contributed by atoms with Crippen LogP contribution in [-0.2, 0) is 0 Å². The van der Waals surface area contributed by atoms with Gasteiger partial charge in [0.25, 0.3) is 0 Å². The summed E-state index contributed by atoms with van der Waals surface area (Å²) < 4.78 is 5.91. The van der Waals surface area contributed by atoms with Crippen molar-refractivity contribution in [3.8, 4) is 0 Å². The molecule has 0 radical (unpaired) electrons. The summed E-state index contributed by atoms with van der Waals surface area (Å²) in [5.74, 6) is 0.961. The lowest BCUT2D eigenvalue weighted by molar-refractivity contribution is 0.225. The standard InChI is InChI=1S/C15H21NO2/c1-4-12(9-17)16-11(3)15-10(2)13-7-5-6-8-14(13)18-15/h5-8,11-12,16-17H,4,9H2,1-3H3. The van der Waals surface area contributed by atoms with Crippen LogP contribution in [-0.4, -0.2) is 17.8 Å². The van der Waals surface area contributed by atoms with Crippen LogP contribution >= 0.6 is 0 Å². The lowest BCUT2D eigenvalue weighted by Crippen LogP contribution is -2.33. The van der Waals surface area contributed by atoms with Crippen molar-refractivity contribution in [2.75, 3.05) is 6.61 Å². The molecule has 0 bridgehead atoms. The van der Waals surface area contributed by atoms with Crippen LogP contribution in [0.3, 0.4) is 0 Å². The van der Waals surface area contributed by atoms with E-state index in [4.69, 9.17) is 4.42 Å². The number of hydrogen-bond acceptors (Lipinski definition) is 3. The molecule has 0 spiro atoms. The summed E-state index contributed by atoms with van der Waals surface area (Å²) >= 11 is 0. The molecule has 0 aliphatic heterocycles. The Kier molecular flexibility index (Phi) is 4.04. The number of hydrogen-bond donors (Lipinski definition) is 2. The monoisotopic (exact) mass is 247 g/mol. The van der Waals surface area contributed by atoms with Crippen molar-refractivity contribution >= 4 is 11.0 Å². The lowest BCUT2D eigenvalue weighted by Gasteiger charge is -2.19. The van der Waals surface area contributed by atoms with E-state index in [1.165, 1.54) is 5.56 Å². The van der Waals surface area contributed by atoms with Crippen LogP contribution in [0.4, 0.5) is 0 Å². The summed E-state index contributed by atoms with van der Waals surface area (Å²) in [5.41, 5.74) is 2.11. The summed E-state index contributed by atoms with van der Waals surface area (Å²) in [4.78, 5) is 0. The minimum atomic E-state index is 0.106. The van der Waals surface area contributed by atoms with Gasteiger partial charge in [0.05, 0.1) is 12.6 Å². The number of rotatable bonds is 5. The van der Waals surface area contributed by atoms with E-state index in [1.807, 2.05) is 18.2 Å². The summed E-state index contributed by atoms with van der Waals surface area (Å²) in [6.45, 7) is 6.37.